The predicted molar refractivity (Wildman–Crippen MR) is 73.8 cm³/mol. The largest absolute Gasteiger partial charge is 0.476 e. The number of carboxylic acid groups (broad SMARTS) is 1. The Hall–Kier alpha value is -1.75. The third kappa shape index (κ3) is 4.33. The Kier molecular flexibility index (Phi) is 8.49. The summed E-state index contributed by atoms with van der Waals surface area (Å²) < 4.78 is 259. The molecule has 0 aliphatic rings. The van der Waals surface area contributed by atoms with Crippen LogP contribution in [0.5, 0.6) is 0 Å². The van der Waals surface area contributed by atoms with Crippen molar-refractivity contribution < 1.29 is 97.5 Å². The zero-order valence-electron chi connectivity index (χ0n) is 16.0. The molecule has 216 valence electrons. The summed E-state index contributed by atoms with van der Waals surface area (Å²) in [6.07, 6.45) is -7.96. The molecule has 0 heterocycles. The fourth-order valence-electron chi connectivity index (χ4n) is 1.92. The number of halogens is 19. The van der Waals surface area contributed by atoms with E-state index in [1.165, 1.54) is 0 Å². The van der Waals surface area contributed by atoms with E-state index in [0.29, 0.717) is 0 Å². The third-order valence-electron chi connectivity index (χ3n) is 3.97. The molecule has 0 aromatic carbocycles. The summed E-state index contributed by atoms with van der Waals surface area (Å²) in [5.74, 6) is -56.1. The first-order valence-corrected chi connectivity index (χ1v) is 8.93. The van der Waals surface area contributed by atoms with E-state index in [1.807, 2.05) is 0 Å². The molecule has 0 aromatic heterocycles. The van der Waals surface area contributed by atoms with Gasteiger partial charge in [-0.25, -0.2) is 9.00 Å². The van der Waals surface area contributed by atoms with E-state index < -0.39 is 80.8 Å². The van der Waals surface area contributed by atoms with Gasteiger partial charge < -0.3 is 5.11 Å². The fourth-order valence-corrected chi connectivity index (χ4v) is 3.07. The minimum absolute atomic E-state index is 0.0869. The van der Waals surface area contributed by atoms with Crippen molar-refractivity contribution in [1.82, 2.24) is 4.31 Å². The lowest BCUT2D eigenvalue weighted by Crippen LogP contribution is -2.75. The Morgan fingerprint density at radius 1 is 0.611 bits per heavy atom. The first-order chi connectivity index (χ1) is 15.3. The molecule has 0 saturated heterocycles. The highest BCUT2D eigenvalue weighted by Gasteiger charge is 2.96. The van der Waals surface area contributed by atoms with Gasteiger partial charge in [0.1, 0.15) is 0 Å². The van der Waals surface area contributed by atoms with E-state index in [9.17, 15) is 92.4 Å². The van der Waals surface area contributed by atoms with Crippen molar-refractivity contribution in [3.8, 4) is 0 Å². The van der Waals surface area contributed by atoms with Crippen molar-refractivity contribution in [3.63, 3.8) is 0 Å². The van der Waals surface area contributed by atoms with Gasteiger partial charge in [0.15, 0.2) is 11.0 Å². The molecule has 1 unspecified atom stereocenters. The predicted octanol–water partition coefficient (Wildman–Crippen LogP) is 5.62. The summed E-state index contributed by atoms with van der Waals surface area (Å²) in [5, 5.41) is 0.386. The Morgan fingerprint density at radius 2 is 0.889 bits per heavy atom. The van der Waals surface area contributed by atoms with Gasteiger partial charge in [-0.3, -0.25) is 0 Å². The molecule has 0 aliphatic heterocycles. The van der Waals surface area contributed by atoms with E-state index in [0.717, 1.165) is 0 Å². The lowest BCUT2D eigenvalue weighted by atomic mass is 9.91. The van der Waals surface area contributed by atoms with Crippen molar-refractivity contribution in [2.75, 3.05) is 6.54 Å². The lowest BCUT2D eigenvalue weighted by molar-refractivity contribution is -0.458. The summed E-state index contributed by atoms with van der Waals surface area (Å²) in [4.78, 5) is 10.3. The second-order valence-corrected chi connectivity index (χ2v) is 7.70. The molecule has 0 spiro atoms. The average Bonchev–Trinajstić information content (AvgIpc) is 2.66. The van der Waals surface area contributed by atoms with Crippen molar-refractivity contribution in [2.24, 2.45) is 0 Å². The van der Waals surface area contributed by atoms with Gasteiger partial charge in [-0.15, -0.1) is 4.31 Å². The number of hydrogen-bond donors (Lipinski definition) is 1. The van der Waals surface area contributed by atoms with Crippen LogP contribution in [0.15, 0.2) is 0 Å². The van der Waals surface area contributed by atoms with E-state index >= 15 is 0 Å². The second-order valence-electron chi connectivity index (χ2n) is 6.25. The summed E-state index contributed by atoms with van der Waals surface area (Å²) in [5.41, 5.74) is 0. The molecule has 36 heavy (non-hydrogen) atoms. The Morgan fingerprint density at radius 3 is 1.14 bits per heavy atom. The number of carbonyl (C=O) groups is 1. The van der Waals surface area contributed by atoms with Crippen LogP contribution in [0.2, 0.25) is 0 Å². The van der Waals surface area contributed by atoms with E-state index in [4.69, 9.17) is 5.11 Å². The quantitative estimate of drug-likeness (QED) is 0.246. The van der Waals surface area contributed by atoms with Crippen LogP contribution in [0.1, 0.15) is 6.92 Å². The van der Waals surface area contributed by atoms with Crippen molar-refractivity contribution in [3.05, 3.63) is 0 Å². The van der Waals surface area contributed by atoms with Crippen LogP contribution < -0.4 is 0 Å². The minimum atomic E-state index is -9.00. The summed E-state index contributed by atoms with van der Waals surface area (Å²) in [6.45, 7) is -2.00. The molecule has 0 aromatic rings. The SMILES string of the molecule is CCN(S(=O)C(F)(F)C(F)(F)C(F)(F)C(F)(F)C(F)(F)C(F)(F)C(F)(F)C(F)(F)F)C(F)(F)C(=O)O. The first-order valence-electron chi connectivity index (χ1n) is 7.82. The number of alkyl halides is 19. The molecule has 0 rings (SSSR count). The maximum absolute atomic E-state index is 13.8. The topological polar surface area (TPSA) is 57.6 Å². The molecule has 0 aliphatic carbocycles. The average molecular weight is 605 g/mol. The van der Waals surface area contributed by atoms with Gasteiger partial charge in [0.25, 0.3) is 0 Å². The standard InChI is InChI=1S/C12H6F19NO3S/c1-2-32(4(13,14)3(33)34)36(35)12(30,31)10(25,26)8(21,22)6(17,18)5(15,16)7(19,20)9(23,24)11(27,28)29/h2H2,1H3,(H,33,34). The van der Waals surface area contributed by atoms with Gasteiger partial charge in [-0.1, -0.05) is 6.92 Å². The van der Waals surface area contributed by atoms with Crippen molar-refractivity contribution in [1.29, 1.82) is 0 Å². The molecule has 0 fully saturated rings. The lowest BCUT2D eigenvalue weighted by Gasteiger charge is -2.43. The maximum Gasteiger partial charge on any atom is 0.460 e. The summed E-state index contributed by atoms with van der Waals surface area (Å²) in [6, 6.07) is -5.97. The first kappa shape index (κ1) is 34.2. The number of carboxylic acids is 1. The van der Waals surface area contributed by atoms with Crippen LogP contribution in [0.25, 0.3) is 0 Å². The van der Waals surface area contributed by atoms with Crippen LogP contribution >= 0.6 is 0 Å². The summed E-state index contributed by atoms with van der Waals surface area (Å²) >= 11 is 0. The molecule has 24 heteroatoms. The monoisotopic (exact) mass is 605 g/mol. The third-order valence-corrected chi connectivity index (χ3v) is 5.55. The minimum Gasteiger partial charge on any atom is -0.476 e. The van der Waals surface area contributed by atoms with Gasteiger partial charge >= 0.3 is 59.0 Å². The Bertz CT molecular complexity index is 866. The molecule has 4 nitrogen and oxygen atoms in total. The highest BCUT2D eigenvalue weighted by atomic mass is 32.2. The highest BCUT2D eigenvalue weighted by Crippen LogP contribution is 2.64. The van der Waals surface area contributed by atoms with Crippen molar-refractivity contribution in [2.45, 2.75) is 59.9 Å². The number of likely N-dealkylation sites (N-methyl/N-ethyl adjacent to an activating group) is 1. The smallest absolute Gasteiger partial charge is 0.460 e. The van der Waals surface area contributed by atoms with Crippen LogP contribution in [0.4, 0.5) is 83.4 Å². The number of aliphatic carboxylic acids is 1. The number of hydrogen-bond acceptors (Lipinski definition) is 2. The summed E-state index contributed by atoms with van der Waals surface area (Å²) in [7, 11) is -5.94. The maximum atomic E-state index is 13.8. The van der Waals surface area contributed by atoms with Gasteiger partial charge in [0.05, 0.1) is 0 Å². The van der Waals surface area contributed by atoms with Gasteiger partial charge in [0.2, 0.25) is 0 Å². The van der Waals surface area contributed by atoms with Crippen LogP contribution in [-0.4, -0.2) is 79.1 Å². The number of nitrogens with zero attached hydrogens (tertiary/aromatic N) is 1. The molecular formula is C12H6F19NO3S. The molecule has 1 N–H and O–H groups in total. The molecule has 1 atom stereocenters. The number of rotatable bonds is 11. The highest BCUT2D eigenvalue weighted by molar-refractivity contribution is 7.83. The molecule has 0 saturated carbocycles. The van der Waals surface area contributed by atoms with Crippen LogP contribution in [-0.2, 0) is 15.8 Å². The zero-order chi connectivity index (χ0) is 29.9. The molecule has 0 radical (unpaired) electrons. The normalized spacial score (nSPS) is 16.9. The van der Waals surface area contributed by atoms with Crippen LogP contribution in [0, 0.1) is 0 Å². The second kappa shape index (κ2) is 8.92. The van der Waals surface area contributed by atoms with Gasteiger partial charge in [-0.05, 0) is 0 Å². The van der Waals surface area contributed by atoms with Gasteiger partial charge in [0, 0.05) is 6.54 Å². The zero-order valence-corrected chi connectivity index (χ0v) is 16.8. The fraction of sp³-hybridized carbons (Fsp3) is 0.917. The Balaban J connectivity index is 7.00. The van der Waals surface area contributed by atoms with Crippen LogP contribution in [0.3, 0.4) is 0 Å². The molecule has 0 bridgehead atoms. The van der Waals surface area contributed by atoms with E-state index in [-0.39, 0.29) is 6.92 Å². The molecular weight excluding hydrogens is 599 g/mol. The van der Waals surface area contributed by atoms with Gasteiger partial charge in [-0.2, -0.15) is 83.4 Å². The van der Waals surface area contributed by atoms with E-state index in [2.05, 4.69) is 0 Å². The molecule has 0 amide bonds. The Labute approximate surface area is 186 Å². The van der Waals surface area contributed by atoms with Crippen molar-refractivity contribution >= 4 is 17.0 Å². The van der Waals surface area contributed by atoms with E-state index in [1.54, 1.807) is 0 Å².